The molecule has 0 unspecified atom stereocenters. The molecule has 4 rings (SSSR count). The van der Waals surface area contributed by atoms with Crippen molar-refractivity contribution in [1.82, 2.24) is 25.4 Å². The molecule has 1 amide bonds. The quantitative estimate of drug-likeness (QED) is 0.625. The lowest BCUT2D eigenvalue weighted by atomic mass is 9.82. The van der Waals surface area contributed by atoms with Gasteiger partial charge in [0.15, 0.2) is 0 Å². The first-order valence-electron chi connectivity index (χ1n) is 11.6. The van der Waals surface area contributed by atoms with Gasteiger partial charge in [0.1, 0.15) is 5.01 Å². The number of hydrogen-bond donors (Lipinski definition) is 2. The summed E-state index contributed by atoms with van der Waals surface area (Å²) in [7, 11) is 0. The maximum absolute atomic E-state index is 13.6. The predicted octanol–water partition coefficient (Wildman–Crippen LogP) is 3.47. The SMILES string of the molecule is O=C(O)CCC1CCC(N(Cc2cccnc2)C(=O)c2nnc(C3CCNCC3)s2)CC1. The summed E-state index contributed by atoms with van der Waals surface area (Å²) in [5.74, 6) is 0.0133. The van der Waals surface area contributed by atoms with Gasteiger partial charge in [-0.3, -0.25) is 14.6 Å². The number of nitrogens with zero attached hydrogens (tertiary/aromatic N) is 4. The molecule has 0 bridgehead atoms. The molecule has 2 N–H and O–H groups in total. The molecular formula is C23H31N5O3S. The number of nitrogens with one attached hydrogen (secondary N) is 1. The molecule has 9 heteroatoms. The van der Waals surface area contributed by atoms with Crippen LogP contribution in [0.15, 0.2) is 24.5 Å². The highest BCUT2D eigenvalue weighted by molar-refractivity contribution is 7.13. The van der Waals surface area contributed by atoms with E-state index in [1.807, 2.05) is 17.0 Å². The molecule has 2 fully saturated rings. The molecule has 0 aromatic carbocycles. The smallest absolute Gasteiger partial charge is 0.303 e. The summed E-state index contributed by atoms with van der Waals surface area (Å²) in [5, 5.41) is 22.4. The summed E-state index contributed by atoms with van der Waals surface area (Å²) in [4.78, 5) is 30.6. The number of carbonyl (C=O) groups excluding carboxylic acids is 1. The van der Waals surface area contributed by atoms with Crippen LogP contribution in [0.2, 0.25) is 0 Å². The van der Waals surface area contributed by atoms with Gasteiger partial charge in [-0.15, -0.1) is 10.2 Å². The number of pyridine rings is 1. The standard InChI is InChI=1S/C23H31N5O3S/c29-20(30)8-5-16-3-6-19(7-4-16)28(15-17-2-1-11-25-14-17)23(31)22-27-26-21(32-22)18-9-12-24-13-10-18/h1-2,11,14,16,18-19,24H,3-10,12-13,15H2,(H,29,30). The fraction of sp³-hybridized carbons (Fsp3) is 0.609. The number of rotatable bonds is 8. The third-order valence-corrected chi connectivity index (χ3v) is 7.75. The Balaban J connectivity index is 1.46. The van der Waals surface area contributed by atoms with Gasteiger partial charge in [-0.2, -0.15) is 0 Å². The summed E-state index contributed by atoms with van der Waals surface area (Å²) in [6.07, 6.45) is 10.2. The number of amides is 1. The average Bonchev–Trinajstić information content (AvgIpc) is 3.33. The highest BCUT2D eigenvalue weighted by Crippen LogP contribution is 2.33. The third kappa shape index (κ3) is 5.89. The van der Waals surface area contributed by atoms with Gasteiger partial charge in [0.2, 0.25) is 5.01 Å². The monoisotopic (exact) mass is 457 g/mol. The normalized spacial score (nSPS) is 21.9. The van der Waals surface area contributed by atoms with E-state index < -0.39 is 5.97 Å². The Labute approximate surface area is 192 Å². The zero-order chi connectivity index (χ0) is 22.3. The van der Waals surface area contributed by atoms with Crippen LogP contribution < -0.4 is 5.32 Å². The van der Waals surface area contributed by atoms with E-state index in [0.29, 0.717) is 29.8 Å². The first-order valence-corrected chi connectivity index (χ1v) is 12.4. The van der Waals surface area contributed by atoms with Crippen LogP contribution in [0.1, 0.15) is 77.7 Å². The molecule has 1 aliphatic heterocycles. The number of carboxylic acid groups (broad SMARTS) is 1. The molecule has 2 aromatic heterocycles. The van der Waals surface area contributed by atoms with Crippen molar-refractivity contribution in [3.8, 4) is 0 Å². The minimum absolute atomic E-state index is 0.0551. The number of carboxylic acids is 1. The second-order valence-electron chi connectivity index (χ2n) is 8.87. The van der Waals surface area contributed by atoms with Crippen molar-refractivity contribution < 1.29 is 14.7 Å². The van der Waals surface area contributed by atoms with Crippen molar-refractivity contribution in [2.45, 2.75) is 69.9 Å². The Bertz CT molecular complexity index is 892. The second-order valence-corrected chi connectivity index (χ2v) is 9.88. The van der Waals surface area contributed by atoms with Gasteiger partial charge >= 0.3 is 5.97 Å². The lowest BCUT2D eigenvalue weighted by molar-refractivity contribution is -0.137. The fourth-order valence-corrected chi connectivity index (χ4v) is 5.77. The largest absolute Gasteiger partial charge is 0.481 e. The van der Waals surface area contributed by atoms with Gasteiger partial charge in [-0.1, -0.05) is 17.4 Å². The number of piperidine rings is 1. The third-order valence-electron chi connectivity index (χ3n) is 6.67. The van der Waals surface area contributed by atoms with Crippen molar-refractivity contribution in [2.24, 2.45) is 5.92 Å². The van der Waals surface area contributed by atoms with E-state index in [-0.39, 0.29) is 18.4 Å². The van der Waals surface area contributed by atoms with E-state index in [2.05, 4.69) is 20.5 Å². The predicted molar refractivity (Wildman–Crippen MR) is 121 cm³/mol. The molecular weight excluding hydrogens is 426 g/mol. The highest BCUT2D eigenvalue weighted by atomic mass is 32.1. The Morgan fingerprint density at radius 1 is 1.12 bits per heavy atom. The van der Waals surface area contributed by atoms with Crippen molar-refractivity contribution >= 4 is 23.2 Å². The van der Waals surface area contributed by atoms with Gasteiger partial charge in [0.25, 0.3) is 5.91 Å². The van der Waals surface area contributed by atoms with Gasteiger partial charge < -0.3 is 15.3 Å². The lowest BCUT2D eigenvalue weighted by Crippen LogP contribution is -2.42. The fourth-order valence-electron chi connectivity index (χ4n) is 4.81. The zero-order valence-corrected chi connectivity index (χ0v) is 19.1. The average molecular weight is 458 g/mol. The van der Waals surface area contributed by atoms with Crippen molar-refractivity contribution in [1.29, 1.82) is 0 Å². The number of carbonyl (C=O) groups is 2. The zero-order valence-electron chi connectivity index (χ0n) is 18.3. The van der Waals surface area contributed by atoms with Crippen LogP contribution in [0.3, 0.4) is 0 Å². The van der Waals surface area contributed by atoms with Gasteiger partial charge in [-0.25, -0.2) is 0 Å². The number of aromatic nitrogens is 3. The van der Waals surface area contributed by atoms with E-state index in [4.69, 9.17) is 5.11 Å². The lowest BCUT2D eigenvalue weighted by Gasteiger charge is -2.36. The van der Waals surface area contributed by atoms with Crippen LogP contribution in [0.5, 0.6) is 0 Å². The number of hydrogen-bond acceptors (Lipinski definition) is 7. The molecule has 172 valence electrons. The van der Waals surface area contributed by atoms with E-state index in [0.717, 1.165) is 62.2 Å². The van der Waals surface area contributed by atoms with Crippen LogP contribution in [-0.4, -0.2) is 56.2 Å². The Hall–Kier alpha value is -2.39. The maximum atomic E-state index is 13.6. The first kappa shape index (κ1) is 22.8. The second kappa shape index (κ2) is 11.0. The molecule has 3 heterocycles. The molecule has 1 saturated heterocycles. The Morgan fingerprint density at radius 3 is 2.59 bits per heavy atom. The molecule has 0 radical (unpaired) electrons. The maximum Gasteiger partial charge on any atom is 0.303 e. The minimum Gasteiger partial charge on any atom is -0.481 e. The highest BCUT2D eigenvalue weighted by Gasteiger charge is 2.32. The summed E-state index contributed by atoms with van der Waals surface area (Å²) in [6, 6.07) is 4.00. The van der Waals surface area contributed by atoms with Gasteiger partial charge in [-0.05, 0) is 75.6 Å². The summed E-state index contributed by atoms with van der Waals surface area (Å²) in [5.41, 5.74) is 0.997. The minimum atomic E-state index is -0.735. The van der Waals surface area contributed by atoms with Crippen LogP contribution in [0, 0.1) is 5.92 Å². The van der Waals surface area contributed by atoms with Crippen LogP contribution in [-0.2, 0) is 11.3 Å². The van der Waals surface area contributed by atoms with Gasteiger partial charge in [0.05, 0.1) is 0 Å². The van der Waals surface area contributed by atoms with Crippen molar-refractivity contribution in [2.75, 3.05) is 13.1 Å². The van der Waals surface area contributed by atoms with Crippen molar-refractivity contribution in [3.63, 3.8) is 0 Å². The summed E-state index contributed by atoms with van der Waals surface area (Å²) in [6.45, 7) is 2.46. The van der Waals surface area contributed by atoms with E-state index in [1.54, 1.807) is 12.4 Å². The molecule has 8 nitrogen and oxygen atoms in total. The topological polar surface area (TPSA) is 108 Å². The van der Waals surface area contributed by atoms with Crippen molar-refractivity contribution in [3.05, 3.63) is 40.1 Å². The first-order chi connectivity index (χ1) is 15.6. The van der Waals surface area contributed by atoms with E-state index in [9.17, 15) is 9.59 Å². The molecule has 2 aliphatic rings. The van der Waals surface area contributed by atoms with Crippen LogP contribution in [0.4, 0.5) is 0 Å². The summed E-state index contributed by atoms with van der Waals surface area (Å²) < 4.78 is 0. The van der Waals surface area contributed by atoms with E-state index >= 15 is 0 Å². The Morgan fingerprint density at radius 2 is 1.91 bits per heavy atom. The Kier molecular flexibility index (Phi) is 7.81. The molecule has 0 spiro atoms. The number of aliphatic carboxylic acids is 1. The molecule has 1 aliphatic carbocycles. The van der Waals surface area contributed by atoms with Crippen LogP contribution in [0.25, 0.3) is 0 Å². The van der Waals surface area contributed by atoms with E-state index in [1.165, 1.54) is 11.3 Å². The molecule has 2 aromatic rings. The van der Waals surface area contributed by atoms with Crippen LogP contribution >= 0.6 is 11.3 Å². The summed E-state index contributed by atoms with van der Waals surface area (Å²) >= 11 is 1.44. The molecule has 1 saturated carbocycles. The van der Waals surface area contributed by atoms with Gasteiger partial charge in [0, 0.05) is 37.3 Å². The molecule has 0 atom stereocenters. The molecule has 32 heavy (non-hydrogen) atoms.